The minimum Gasteiger partial charge on any atom is -0.350 e. The number of carbonyl (C=O) groups is 1. The summed E-state index contributed by atoms with van der Waals surface area (Å²) < 4.78 is 13.5. The highest BCUT2D eigenvalue weighted by Gasteiger charge is 2.45. The van der Waals surface area contributed by atoms with Gasteiger partial charge < -0.3 is 11.1 Å². The van der Waals surface area contributed by atoms with Crippen LogP contribution in [0.5, 0.6) is 0 Å². The Labute approximate surface area is 113 Å². The maximum Gasteiger partial charge on any atom is 0.240 e. The third kappa shape index (κ3) is 3.40. The third-order valence-electron chi connectivity index (χ3n) is 2.70. The number of halogens is 3. The number of hydrogen-bond acceptors (Lipinski definition) is 2. The van der Waals surface area contributed by atoms with Crippen LogP contribution in [0.15, 0.2) is 22.7 Å². The van der Waals surface area contributed by atoms with Gasteiger partial charge in [0.05, 0.1) is 5.54 Å². The summed E-state index contributed by atoms with van der Waals surface area (Å²) in [5.41, 5.74) is 5.90. The van der Waals surface area contributed by atoms with E-state index in [1.165, 1.54) is 12.1 Å². The van der Waals surface area contributed by atoms with E-state index in [4.69, 9.17) is 5.73 Å². The largest absolute Gasteiger partial charge is 0.350 e. The van der Waals surface area contributed by atoms with Crippen LogP contribution in [0.25, 0.3) is 0 Å². The molecule has 2 rings (SSSR count). The van der Waals surface area contributed by atoms with E-state index in [0.717, 1.165) is 18.4 Å². The van der Waals surface area contributed by atoms with Gasteiger partial charge in [0.15, 0.2) is 0 Å². The van der Waals surface area contributed by atoms with Gasteiger partial charge in [0.2, 0.25) is 5.91 Å². The minimum absolute atomic E-state index is 0. The molecule has 94 valence electrons. The normalized spacial score (nSPS) is 15.9. The average Bonchev–Trinajstić information content (AvgIpc) is 2.96. The van der Waals surface area contributed by atoms with Crippen LogP contribution in [-0.2, 0) is 11.3 Å². The second-order valence-corrected chi connectivity index (χ2v) is 4.93. The predicted octanol–water partition coefficient (Wildman–Crippen LogP) is 2.12. The lowest BCUT2D eigenvalue weighted by Gasteiger charge is -2.11. The van der Waals surface area contributed by atoms with Gasteiger partial charge in [-0.25, -0.2) is 4.39 Å². The van der Waals surface area contributed by atoms with Crippen molar-refractivity contribution < 1.29 is 9.18 Å². The molecule has 6 heteroatoms. The van der Waals surface area contributed by atoms with Gasteiger partial charge in [-0.3, -0.25) is 4.79 Å². The number of benzene rings is 1. The highest BCUT2D eigenvalue weighted by Crippen LogP contribution is 2.32. The number of amides is 1. The summed E-state index contributed by atoms with van der Waals surface area (Å²) in [6, 6.07) is 4.37. The second kappa shape index (κ2) is 5.33. The fourth-order valence-corrected chi connectivity index (χ4v) is 1.87. The van der Waals surface area contributed by atoms with Crippen LogP contribution in [0.3, 0.4) is 0 Å². The summed E-state index contributed by atoms with van der Waals surface area (Å²) >= 11 is 3.24. The maximum absolute atomic E-state index is 12.8. The lowest BCUT2D eigenvalue weighted by molar-refractivity contribution is -0.123. The Hall–Kier alpha value is -0.650. The van der Waals surface area contributed by atoms with Crippen LogP contribution < -0.4 is 11.1 Å². The molecular weight excluding hydrogens is 310 g/mol. The second-order valence-electron chi connectivity index (χ2n) is 4.07. The standard InChI is InChI=1S/C11H12BrFN2O.ClH/c12-9-5-8(13)2-1-7(9)6-15-10(16)11(14)3-4-11;/h1-2,5H,3-4,6,14H2,(H,15,16);1H. The minimum atomic E-state index is -0.660. The van der Waals surface area contributed by atoms with Crippen LogP contribution in [-0.4, -0.2) is 11.4 Å². The molecule has 0 atom stereocenters. The Morgan fingerprint density at radius 1 is 1.53 bits per heavy atom. The quantitative estimate of drug-likeness (QED) is 0.895. The Morgan fingerprint density at radius 2 is 2.18 bits per heavy atom. The van der Waals surface area contributed by atoms with Crippen molar-refractivity contribution in [3.63, 3.8) is 0 Å². The summed E-state index contributed by atoms with van der Waals surface area (Å²) in [7, 11) is 0. The molecule has 3 nitrogen and oxygen atoms in total. The summed E-state index contributed by atoms with van der Waals surface area (Å²) in [6.07, 6.45) is 1.48. The lowest BCUT2D eigenvalue weighted by atomic mass is 10.2. The molecule has 0 bridgehead atoms. The van der Waals surface area contributed by atoms with Crippen molar-refractivity contribution in [3.8, 4) is 0 Å². The molecule has 0 aromatic heterocycles. The molecule has 1 aromatic carbocycles. The van der Waals surface area contributed by atoms with E-state index >= 15 is 0 Å². The molecule has 17 heavy (non-hydrogen) atoms. The monoisotopic (exact) mass is 322 g/mol. The van der Waals surface area contributed by atoms with Gasteiger partial charge in [-0.1, -0.05) is 22.0 Å². The zero-order chi connectivity index (χ0) is 11.8. The zero-order valence-corrected chi connectivity index (χ0v) is 11.4. The highest BCUT2D eigenvalue weighted by atomic mass is 79.9. The summed E-state index contributed by atoms with van der Waals surface area (Å²) in [5, 5.41) is 2.75. The number of nitrogens with one attached hydrogen (secondary N) is 1. The molecule has 0 heterocycles. The number of hydrogen-bond donors (Lipinski definition) is 2. The van der Waals surface area contributed by atoms with Crippen molar-refractivity contribution >= 4 is 34.2 Å². The Kier molecular flexibility index (Phi) is 4.52. The molecule has 1 amide bonds. The van der Waals surface area contributed by atoms with Gasteiger partial charge in [0, 0.05) is 11.0 Å². The first-order valence-corrected chi connectivity index (χ1v) is 5.82. The fraction of sp³-hybridized carbons (Fsp3) is 0.364. The molecular formula is C11H13BrClFN2O. The molecule has 1 aliphatic carbocycles. The topological polar surface area (TPSA) is 55.1 Å². The number of nitrogens with two attached hydrogens (primary N) is 1. The Bertz CT molecular complexity index is 437. The van der Waals surface area contributed by atoms with Crippen LogP contribution in [0.2, 0.25) is 0 Å². The predicted molar refractivity (Wildman–Crippen MR) is 69.3 cm³/mol. The van der Waals surface area contributed by atoms with Gasteiger partial charge in [-0.2, -0.15) is 0 Å². The van der Waals surface area contributed by atoms with Crippen LogP contribution >= 0.6 is 28.3 Å². The first-order chi connectivity index (χ1) is 7.51. The maximum atomic E-state index is 12.8. The van der Waals surface area contributed by atoms with Gasteiger partial charge in [0.1, 0.15) is 5.82 Å². The van der Waals surface area contributed by atoms with E-state index in [-0.39, 0.29) is 24.1 Å². The van der Waals surface area contributed by atoms with E-state index in [1.54, 1.807) is 6.07 Å². The molecule has 1 aromatic rings. The smallest absolute Gasteiger partial charge is 0.240 e. The third-order valence-corrected chi connectivity index (χ3v) is 3.43. The molecule has 1 saturated carbocycles. The van der Waals surface area contributed by atoms with Crippen molar-refractivity contribution in [2.45, 2.75) is 24.9 Å². The van der Waals surface area contributed by atoms with E-state index in [2.05, 4.69) is 21.2 Å². The molecule has 3 N–H and O–H groups in total. The average molecular weight is 324 g/mol. The van der Waals surface area contributed by atoms with E-state index in [9.17, 15) is 9.18 Å². The van der Waals surface area contributed by atoms with E-state index in [1.807, 2.05) is 0 Å². The van der Waals surface area contributed by atoms with Crippen molar-refractivity contribution in [1.82, 2.24) is 5.32 Å². The lowest BCUT2D eigenvalue weighted by Crippen LogP contribution is -2.42. The first-order valence-electron chi connectivity index (χ1n) is 5.02. The summed E-state index contributed by atoms with van der Waals surface area (Å²) in [6.45, 7) is 0.360. The summed E-state index contributed by atoms with van der Waals surface area (Å²) in [4.78, 5) is 11.6. The van der Waals surface area contributed by atoms with Crippen LogP contribution in [0.1, 0.15) is 18.4 Å². The van der Waals surface area contributed by atoms with E-state index < -0.39 is 5.54 Å². The fourth-order valence-electron chi connectivity index (χ4n) is 1.38. The van der Waals surface area contributed by atoms with E-state index in [0.29, 0.717) is 11.0 Å². The molecule has 0 saturated heterocycles. The first kappa shape index (κ1) is 14.4. The molecule has 0 spiro atoms. The van der Waals surface area contributed by atoms with Crippen molar-refractivity contribution in [2.24, 2.45) is 5.73 Å². The summed E-state index contributed by atoms with van der Waals surface area (Å²) in [5.74, 6) is -0.442. The Balaban J connectivity index is 0.00000144. The molecule has 0 radical (unpaired) electrons. The van der Waals surface area contributed by atoms with Gasteiger partial charge >= 0.3 is 0 Å². The molecule has 0 unspecified atom stereocenters. The molecule has 1 fully saturated rings. The van der Waals surface area contributed by atoms with Crippen molar-refractivity contribution in [3.05, 3.63) is 34.1 Å². The highest BCUT2D eigenvalue weighted by molar-refractivity contribution is 9.10. The number of carbonyl (C=O) groups excluding carboxylic acids is 1. The zero-order valence-electron chi connectivity index (χ0n) is 9.00. The van der Waals surface area contributed by atoms with Gasteiger partial charge in [-0.05, 0) is 30.5 Å². The molecule has 1 aliphatic rings. The van der Waals surface area contributed by atoms with Gasteiger partial charge in [0.25, 0.3) is 0 Å². The van der Waals surface area contributed by atoms with Crippen molar-refractivity contribution in [1.29, 1.82) is 0 Å². The Morgan fingerprint density at radius 3 is 2.71 bits per heavy atom. The number of rotatable bonds is 3. The van der Waals surface area contributed by atoms with Crippen LogP contribution in [0, 0.1) is 5.82 Å². The molecule has 0 aliphatic heterocycles. The van der Waals surface area contributed by atoms with Gasteiger partial charge in [-0.15, -0.1) is 12.4 Å². The van der Waals surface area contributed by atoms with Crippen LogP contribution in [0.4, 0.5) is 4.39 Å². The SMILES string of the molecule is Cl.NC1(C(=O)NCc2ccc(F)cc2Br)CC1. The van der Waals surface area contributed by atoms with Crippen molar-refractivity contribution in [2.75, 3.05) is 0 Å².